The monoisotopic (exact) mass is 290 g/mol. The van der Waals surface area contributed by atoms with Gasteiger partial charge in [-0.05, 0) is 49.1 Å². The average Bonchev–Trinajstić information content (AvgIpc) is 2.42. The molecule has 0 radical (unpaired) electrons. The first kappa shape index (κ1) is 15.0. The van der Waals surface area contributed by atoms with E-state index in [4.69, 9.17) is 5.73 Å². The molecule has 1 aromatic carbocycles. The van der Waals surface area contributed by atoms with E-state index in [9.17, 15) is 4.39 Å². The zero-order chi connectivity index (χ0) is 14.5. The molecule has 2 rings (SSSR count). The summed E-state index contributed by atoms with van der Waals surface area (Å²) in [6.07, 6.45) is 3.66. The third kappa shape index (κ3) is 4.05. The predicted molar refractivity (Wildman–Crippen MR) is 81.5 cm³/mol. The van der Waals surface area contributed by atoms with E-state index in [0.29, 0.717) is 0 Å². The van der Waals surface area contributed by atoms with Gasteiger partial charge in [0.05, 0.1) is 0 Å². The molecule has 0 fully saturated rings. The number of rotatable bonds is 5. The highest BCUT2D eigenvalue weighted by atomic mass is 32.2. The molecule has 1 atom stereocenters. The SMILES string of the molecule is CCC(N)Cc1cnc(Sc2cccc(F)c2)c(C)c1. The van der Waals surface area contributed by atoms with Crippen molar-refractivity contribution in [3.63, 3.8) is 0 Å². The van der Waals surface area contributed by atoms with Gasteiger partial charge in [0.2, 0.25) is 0 Å². The highest BCUT2D eigenvalue weighted by molar-refractivity contribution is 7.99. The maximum atomic E-state index is 13.2. The van der Waals surface area contributed by atoms with Crippen molar-refractivity contribution in [1.82, 2.24) is 4.98 Å². The molecule has 4 heteroatoms. The molecular formula is C16H19FN2S. The lowest BCUT2D eigenvalue weighted by atomic mass is 10.1. The Hall–Kier alpha value is -1.39. The summed E-state index contributed by atoms with van der Waals surface area (Å²) in [6, 6.07) is 8.85. The summed E-state index contributed by atoms with van der Waals surface area (Å²) in [7, 11) is 0. The van der Waals surface area contributed by atoms with Gasteiger partial charge in [-0.15, -0.1) is 0 Å². The molecule has 1 unspecified atom stereocenters. The van der Waals surface area contributed by atoms with Gasteiger partial charge in [0, 0.05) is 17.1 Å². The van der Waals surface area contributed by atoms with Crippen LogP contribution in [-0.2, 0) is 6.42 Å². The fourth-order valence-corrected chi connectivity index (χ4v) is 2.79. The van der Waals surface area contributed by atoms with Gasteiger partial charge in [-0.2, -0.15) is 0 Å². The van der Waals surface area contributed by atoms with Crippen molar-refractivity contribution in [2.24, 2.45) is 5.73 Å². The summed E-state index contributed by atoms with van der Waals surface area (Å²) < 4.78 is 13.2. The topological polar surface area (TPSA) is 38.9 Å². The smallest absolute Gasteiger partial charge is 0.124 e. The minimum Gasteiger partial charge on any atom is -0.327 e. The zero-order valence-corrected chi connectivity index (χ0v) is 12.6. The van der Waals surface area contributed by atoms with Crippen molar-refractivity contribution in [3.05, 3.63) is 53.5 Å². The number of aromatic nitrogens is 1. The van der Waals surface area contributed by atoms with Gasteiger partial charge in [-0.3, -0.25) is 0 Å². The standard InChI is InChI=1S/C16H19FN2S/c1-3-14(18)8-12-7-11(2)16(19-10-12)20-15-6-4-5-13(17)9-15/h4-7,9-10,14H,3,8,18H2,1-2H3. The van der Waals surface area contributed by atoms with Gasteiger partial charge in [-0.1, -0.05) is 30.8 Å². The van der Waals surface area contributed by atoms with E-state index in [0.717, 1.165) is 33.9 Å². The highest BCUT2D eigenvalue weighted by Crippen LogP contribution is 2.29. The Morgan fingerprint density at radius 3 is 2.80 bits per heavy atom. The number of benzene rings is 1. The maximum absolute atomic E-state index is 13.2. The minimum absolute atomic E-state index is 0.179. The van der Waals surface area contributed by atoms with E-state index in [2.05, 4.69) is 18.0 Å². The Morgan fingerprint density at radius 2 is 2.15 bits per heavy atom. The molecule has 0 amide bonds. The van der Waals surface area contributed by atoms with Crippen LogP contribution in [0.4, 0.5) is 4.39 Å². The van der Waals surface area contributed by atoms with Crippen LogP contribution in [0.3, 0.4) is 0 Å². The van der Waals surface area contributed by atoms with Crippen LogP contribution in [0.1, 0.15) is 24.5 Å². The molecule has 1 aromatic heterocycles. The first-order valence-corrected chi connectivity index (χ1v) is 7.54. The lowest BCUT2D eigenvalue weighted by Gasteiger charge is -2.11. The van der Waals surface area contributed by atoms with Crippen LogP contribution < -0.4 is 5.73 Å². The van der Waals surface area contributed by atoms with Crippen LogP contribution in [0.15, 0.2) is 46.5 Å². The van der Waals surface area contributed by atoms with Gasteiger partial charge >= 0.3 is 0 Å². The lowest BCUT2D eigenvalue weighted by Crippen LogP contribution is -2.21. The molecule has 20 heavy (non-hydrogen) atoms. The Kier molecular flexibility index (Phi) is 5.15. The molecule has 0 bridgehead atoms. The summed E-state index contributed by atoms with van der Waals surface area (Å²) in [4.78, 5) is 5.34. The number of halogens is 1. The number of hydrogen-bond donors (Lipinski definition) is 1. The Balaban J connectivity index is 2.13. The van der Waals surface area contributed by atoms with Gasteiger partial charge in [0.1, 0.15) is 10.8 Å². The summed E-state index contributed by atoms with van der Waals surface area (Å²) >= 11 is 1.48. The summed E-state index contributed by atoms with van der Waals surface area (Å²) in [6.45, 7) is 4.11. The van der Waals surface area contributed by atoms with Crippen molar-refractivity contribution < 1.29 is 4.39 Å². The molecule has 0 saturated carbocycles. The predicted octanol–water partition coefficient (Wildman–Crippen LogP) is 3.96. The Bertz CT molecular complexity index is 586. The molecule has 106 valence electrons. The molecule has 2 N–H and O–H groups in total. The first-order chi connectivity index (χ1) is 9.58. The molecule has 1 heterocycles. The second-order valence-corrected chi connectivity index (χ2v) is 5.96. The molecule has 0 aliphatic carbocycles. The third-order valence-electron chi connectivity index (χ3n) is 3.12. The van der Waals surface area contributed by atoms with Crippen molar-refractivity contribution in [1.29, 1.82) is 0 Å². The largest absolute Gasteiger partial charge is 0.327 e. The van der Waals surface area contributed by atoms with Crippen LogP contribution in [0.2, 0.25) is 0 Å². The van der Waals surface area contributed by atoms with E-state index in [1.54, 1.807) is 6.07 Å². The van der Waals surface area contributed by atoms with Crippen molar-refractivity contribution in [2.45, 2.75) is 42.7 Å². The first-order valence-electron chi connectivity index (χ1n) is 6.73. The van der Waals surface area contributed by atoms with Gasteiger partial charge < -0.3 is 5.73 Å². The number of pyridine rings is 1. The molecule has 0 aliphatic rings. The van der Waals surface area contributed by atoms with Gasteiger partial charge in [-0.25, -0.2) is 9.37 Å². The molecule has 2 nitrogen and oxygen atoms in total. The van der Waals surface area contributed by atoms with Crippen LogP contribution >= 0.6 is 11.8 Å². The second-order valence-electron chi connectivity index (χ2n) is 4.90. The van der Waals surface area contributed by atoms with E-state index >= 15 is 0 Å². The van der Waals surface area contributed by atoms with E-state index in [1.807, 2.05) is 19.2 Å². The molecular weight excluding hydrogens is 271 g/mol. The average molecular weight is 290 g/mol. The Labute approximate surface area is 123 Å². The third-order valence-corrected chi connectivity index (χ3v) is 4.23. The van der Waals surface area contributed by atoms with Crippen LogP contribution in [0, 0.1) is 12.7 Å². The highest BCUT2D eigenvalue weighted by Gasteiger charge is 2.07. The maximum Gasteiger partial charge on any atom is 0.124 e. The van der Waals surface area contributed by atoms with E-state index in [1.165, 1.54) is 23.9 Å². The van der Waals surface area contributed by atoms with Crippen LogP contribution in [-0.4, -0.2) is 11.0 Å². The number of aryl methyl sites for hydroxylation is 1. The fraction of sp³-hybridized carbons (Fsp3) is 0.312. The second kappa shape index (κ2) is 6.86. The lowest BCUT2D eigenvalue weighted by molar-refractivity contribution is 0.624. The molecule has 0 saturated heterocycles. The van der Waals surface area contributed by atoms with Gasteiger partial charge in [0.25, 0.3) is 0 Å². The zero-order valence-electron chi connectivity index (χ0n) is 11.8. The summed E-state index contributed by atoms with van der Waals surface area (Å²) in [5.74, 6) is -0.224. The van der Waals surface area contributed by atoms with Crippen molar-refractivity contribution >= 4 is 11.8 Å². The molecule has 2 aromatic rings. The normalized spacial score (nSPS) is 12.4. The van der Waals surface area contributed by atoms with Crippen molar-refractivity contribution in [2.75, 3.05) is 0 Å². The summed E-state index contributed by atoms with van der Waals surface area (Å²) in [5.41, 5.74) is 8.21. The van der Waals surface area contributed by atoms with Crippen molar-refractivity contribution in [3.8, 4) is 0 Å². The number of hydrogen-bond acceptors (Lipinski definition) is 3. The number of nitrogens with zero attached hydrogens (tertiary/aromatic N) is 1. The van der Waals surface area contributed by atoms with E-state index in [-0.39, 0.29) is 11.9 Å². The minimum atomic E-state index is -0.224. The van der Waals surface area contributed by atoms with E-state index < -0.39 is 0 Å². The van der Waals surface area contributed by atoms with Crippen LogP contribution in [0.5, 0.6) is 0 Å². The Morgan fingerprint density at radius 1 is 1.35 bits per heavy atom. The van der Waals surface area contributed by atoms with Crippen LogP contribution in [0.25, 0.3) is 0 Å². The fourth-order valence-electron chi connectivity index (χ4n) is 1.93. The molecule has 0 spiro atoms. The summed E-state index contributed by atoms with van der Waals surface area (Å²) in [5, 5.41) is 0.907. The van der Waals surface area contributed by atoms with Gasteiger partial charge in [0.15, 0.2) is 0 Å². The molecule has 0 aliphatic heterocycles. The number of nitrogens with two attached hydrogens (primary N) is 1. The quantitative estimate of drug-likeness (QED) is 0.906.